The SMILES string of the molecule is Cc1ccc(C(CO)NC2CCCCC2)cn1. The highest BCUT2D eigenvalue weighted by Crippen LogP contribution is 2.21. The molecular formula is C14H22N2O. The van der Waals surface area contributed by atoms with Crippen LogP contribution in [-0.4, -0.2) is 22.7 Å². The molecule has 0 aromatic carbocycles. The molecule has 0 bridgehead atoms. The first-order valence-electron chi connectivity index (χ1n) is 6.59. The second-order valence-corrected chi connectivity index (χ2v) is 4.97. The summed E-state index contributed by atoms with van der Waals surface area (Å²) in [6, 6.07) is 4.65. The maximum atomic E-state index is 9.49. The molecule has 1 saturated carbocycles. The standard InChI is InChI=1S/C14H22N2O/c1-11-7-8-12(9-15-11)14(10-17)16-13-5-3-2-4-6-13/h7-9,13-14,16-17H,2-6,10H2,1H3. The third-order valence-electron chi connectivity index (χ3n) is 3.56. The van der Waals surface area contributed by atoms with Crippen LogP contribution in [0.15, 0.2) is 18.3 Å². The van der Waals surface area contributed by atoms with Gasteiger partial charge in [0.25, 0.3) is 0 Å². The van der Waals surface area contributed by atoms with Crippen molar-refractivity contribution in [1.29, 1.82) is 0 Å². The zero-order valence-corrected chi connectivity index (χ0v) is 10.5. The van der Waals surface area contributed by atoms with Crippen molar-refractivity contribution >= 4 is 0 Å². The van der Waals surface area contributed by atoms with E-state index in [9.17, 15) is 5.11 Å². The third kappa shape index (κ3) is 3.51. The summed E-state index contributed by atoms with van der Waals surface area (Å²) in [5.41, 5.74) is 2.10. The van der Waals surface area contributed by atoms with Crippen LogP contribution in [-0.2, 0) is 0 Å². The summed E-state index contributed by atoms with van der Waals surface area (Å²) in [4.78, 5) is 4.29. The van der Waals surface area contributed by atoms with Crippen LogP contribution in [0.2, 0.25) is 0 Å². The highest BCUT2D eigenvalue weighted by Gasteiger charge is 2.18. The number of hydrogen-bond acceptors (Lipinski definition) is 3. The summed E-state index contributed by atoms with van der Waals surface area (Å²) in [5, 5.41) is 13.0. The molecule has 1 aromatic rings. The van der Waals surface area contributed by atoms with Gasteiger partial charge in [-0.25, -0.2) is 0 Å². The van der Waals surface area contributed by atoms with Crippen LogP contribution in [0.3, 0.4) is 0 Å². The van der Waals surface area contributed by atoms with Gasteiger partial charge in [0.15, 0.2) is 0 Å². The Kier molecular flexibility index (Phi) is 4.51. The van der Waals surface area contributed by atoms with Crippen LogP contribution in [0.5, 0.6) is 0 Å². The topological polar surface area (TPSA) is 45.1 Å². The van der Waals surface area contributed by atoms with Crippen molar-refractivity contribution in [3.63, 3.8) is 0 Å². The summed E-state index contributed by atoms with van der Waals surface area (Å²) in [5.74, 6) is 0. The first-order chi connectivity index (χ1) is 8.29. The Morgan fingerprint density at radius 2 is 2.12 bits per heavy atom. The molecule has 1 atom stereocenters. The van der Waals surface area contributed by atoms with E-state index in [1.165, 1.54) is 32.1 Å². The maximum absolute atomic E-state index is 9.49. The second-order valence-electron chi connectivity index (χ2n) is 4.97. The van der Waals surface area contributed by atoms with Crippen LogP contribution < -0.4 is 5.32 Å². The van der Waals surface area contributed by atoms with Crippen LogP contribution in [0, 0.1) is 6.92 Å². The molecule has 94 valence electrons. The van der Waals surface area contributed by atoms with Gasteiger partial charge in [0.2, 0.25) is 0 Å². The Morgan fingerprint density at radius 3 is 2.71 bits per heavy atom. The number of aliphatic hydroxyl groups is 1. The van der Waals surface area contributed by atoms with Crippen molar-refractivity contribution in [2.75, 3.05) is 6.61 Å². The fourth-order valence-electron chi connectivity index (χ4n) is 2.49. The van der Waals surface area contributed by atoms with Crippen LogP contribution in [0.1, 0.15) is 49.4 Å². The van der Waals surface area contributed by atoms with Crippen molar-refractivity contribution in [3.8, 4) is 0 Å². The Bertz CT molecular complexity index is 331. The van der Waals surface area contributed by atoms with E-state index in [-0.39, 0.29) is 12.6 Å². The van der Waals surface area contributed by atoms with Gasteiger partial charge < -0.3 is 10.4 Å². The number of nitrogens with zero attached hydrogens (tertiary/aromatic N) is 1. The average Bonchev–Trinajstić information content (AvgIpc) is 2.38. The number of aryl methyl sites for hydroxylation is 1. The van der Waals surface area contributed by atoms with Gasteiger partial charge in [-0.2, -0.15) is 0 Å². The molecule has 2 N–H and O–H groups in total. The number of pyridine rings is 1. The molecule has 2 rings (SSSR count). The summed E-state index contributed by atoms with van der Waals surface area (Å²) >= 11 is 0. The number of nitrogens with one attached hydrogen (secondary N) is 1. The quantitative estimate of drug-likeness (QED) is 0.840. The van der Waals surface area contributed by atoms with E-state index in [4.69, 9.17) is 0 Å². The molecule has 0 amide bonds. The zero-order chi connectivity index (χ0) is 12.1. The lowest BCUT2D eigenvalue weighted by molar-refractivity contribution is 0.220. The van der Waals surface area contributed by atoms with Crippen LogP contribution >= 0.6 is 0 Å². The lowest BCUT2D eigenvalue weighted by Crippen LogP contribution is -2.36. The van der Waals surface area contributed by atoms with Gasteiger partial charge in [-0.3, -0.25) is 4.98 Å². The number of rotatable bonds is 4. The van der Waals surface area contributed by atoms with E-state index in [1.807, 2.05) is 19.2 Å². The molecular weight excluding hydrogens is 212 g/mol. The van der Waals surface area contributed by atoms with Crippen molar-refractivity contribution in [1.82, 2.24) is 10.3 Å². The molecule has 1 heterocycles. The van der Waals surface area contributed by atoms with E-state index < -0.39 is 0 Å². The lowest BCUT2D eigenvalue weighted by Gasteiger charge is -2.27. The van der Waals surface area contributed by atoms with Gasteiger partial charge in [-0.05, 0) is 31.4 Å². The summed E-state index contributed by atoms with van der Waals surface area (Å²) in [6.07, 6.45) is 8.30. The maximum Gasteiger partial charge on any atom is 0.0627 e. The van der Waals surface area contributed by atoms with E-state index in [1.54, 1.807) is 0 Å². The molecule has 1 unspecified atom stereocenters. The van der Waals surface area contributed by atoms with E-state index in [0.29, 0.717) is 6.04 Å². The molecule has 1 aliphatic carbocycles. The molecule has 0 radical (unpaired) electrons. The predicted molar refractivity (Wildman–Crippen MR) is 68.8 cm³/mol. The predicted octanol–water partition coefficient (Wildman–Crippen LogP) is 2.35. The van der Waals surface area contributed by atoms with E-state index in [0.717, 1.165) is 11.3 Å². The summed E-state index contributed by atoms with van der Waals surface area (Å²) < 4.78 is 0. The Hall–Kier alpha value is -0.930. The Balaban J connectivity index is 1.97. The molecule has 0 aliphatic heterocycles. The van der Waals surface area contributed by atoms with Gasteiger partial charge >= 0.3 is 0 Å². The monoisotopic (exact) mass is 234 g/mol. The highest BCUT2D eigenvalue weighted by atomic mass is 16.3. The normalized spacial score (nSPS) is 19.2. The largest absolute Gasteiger partial charge is 0.394 e. The van der Waals surface area contributed by atoms with Gasteiger partial charge in [0.05, 0.1) is 12.6 Å². The zero-order valence-electron chi connectivity index (χ0n) is 10.5. The molecule has 1 aliphatic rings. The van der Waals surface area contributed by atoms with Crippen LogP contribution in [0.4, 0.5) is 0 Å². The molecule has 3 nitrogen and oxygen atoms in total. The average molecular weight is 234 g/mol. The first-order valence-corrected chi connectivity index (χ1v) is 6.59. The number of aliphatic hydroxyl groups excluding tert-OH is 1. The fraction of sp³-hybridized carbons (Fsp3) is 0.643. The molecule has 1 fully saturated rings. The van der Waals surface area contributed by atoms with Gasteiger partial charge in [0, 0.05) is 17.9 Å². The smallest absolute Gasteiger partial charge is 0.0627 e. The first kappa shape index (κ1) is 12.5. The summed E-state index contributed by atoms with van der Waals surface area (Å²) in [6.45, 7) is 2.12. The van der Waals surface area contributed by atoms with Gasteiger partial charge in [0.1, 0.15) is 0 Å². The summed E-state index contributed by atoms with van der Waals surface area (Å²) in [7, 11) is 0. The van der Waals surface area contributed by atoms with E-state index in [2.05, 4.69) is 16.4 Å². The number of hydrogen-bond donors (Lipinski definition) is 2. The molecule has 3 heteroatoms. The minimum Gasteiger partial charge on any atom is -0.394 e. The molecule has 0 saturated heterocycles. The fourth-order valence-corrected chi connectivity index (χ4v) is 2.49. The Labute approximate surface area is 103 Å². The lowest BCUT2D eigenvalue weighted by atomic mass is 9.94. The second kappa shape index (κ2) is 6.12. The highest BCUT2D eigenvalue weighted by molar-refractivity contribution is 5.17. The van der Waals surface area contributed by atoms with Gasteiger partial charge in [-0.1, -0.05) is 25.3 Å². The molecule has 17 heavy (non-hydrogen) atoms. The van der Waals surface area contributed by atoms with Crippen LogP contribution in [0.25, 0.3) is 0 Å². The van der Waals surface area contributed by atoms with Crippen molar-refractivity contribution in [3.05, 3.63) is 29.6 Å². The minimum atomic E-state index is 0.0335. The minimum absolute atomic E-state index is 0.0335. The van der Waals surface area contributed by atoms with Gasteiger partial charge in [-0.15, -0.1) is 0 Å². The Morgan fingerprint density at radius 1 is 1.35 bits per heavy atom. The number of aromatic nitrogens is 1. The van der Waals surface area contributed by atoms with Crippen molar-refractivity contribution < 1.29 is 5.11 Å². The van der Waals surface area contributed by atoms with Crippen molar-refractivity contribution in [2.45, 2.75) is 51.1 Å². The van der Waals surface area contributed by atoms with E-state index >= 15 is 0 Å². The molecule has 0 spiro atoms. The third-order valence-corrected chi connectivity index (χ3v) is 3.56. The van der Waals surface area contributed by atoms with Crippen molar-refractivity contribution in [2.24, 2.45) is 0 Å². The molecule has 1 aromatic heterocycles.